The van der Waals surface area contributed by atoms with Gasteiger partial charge in [0.05, 0.1) is 12.7 Å². The number of thiophene rings is 1. The van der Waals surface area contributed by atoms with Gasteiger partial charge in [-0.25, -0.2) is 9.78 Å². The summed E-state index contributed by atoms with van der Waals surface area (Å²) in [6, 6.07) is 3.63. The lowest BCUT2D eigenvalue weighted by atomic mass is 10.3. The van der Waals surface area contributed by atoms with Gasteiger partial charge in [0.15, 0.2) is 5.82 Å². The van der Waals surface area contributed by atoms with Crippen molar-refractivity contribution in [2.24, 2.45) is 0 Å². The highest BCUT2D eigenvalue weighted by Gasteiger charge is 2.15. The van der Waals surface area contributed by atoms with Gasteiger partial charge in [-0.2, -0.15) is 0 Å². The van der Waals surface area contributed by atoms with Crippen LogP contribution in [0.2, 0.25) is 0 Å². The molecule has 0 spiro atoms. The maximum absolute atomic E-state index is 12.4. The van der Waals surface area contributed by atoms with E-state index in [1.807, 2.05) is 17.5 Å². The summed E-state index contributed by atoms with van der Waals surface area (Å²) in [5.41, 5.74) is -1.41. The Morgan fingerprint density at radius 3 is 2.91 bits per heavy atom. The molecule has 3 heterocycles. The van der Waals surface area contributed by atoms with Crippen LogP contribution in [0.4, 0.5) is 5.82 Å². The molecule has 8 nitrogen and oxygen atoms in total. The number of amides is 1. The maximum atomic E-state index is 12.4. The summed E-state index contributed by atoms with van der Waals surface area (Å²) in [4.78, 5) is 47.4. The second-order valence-electron chi connectivity index (χ2n) is 4.52. The first-order chi connectivity index (χ1) is 11.1. The van der Waals surface area contributed by atoms with Gasteiger partial charge in [-0.3, -0.25) is 19.1 Å². The largest absolute Gasteiger partial charge is 0.328 e. The molecule has 0 saturated carbocycles. The molecule has 0 atom stereocenters. The second-order valence-corrected chi connectivity index (χ2v) is 5.56. The maximum Gasteiger partial charge on any atom is 0.328 e. The molecule has 0 saturated heterocycles. The third-order valence-corrected chi connectivity index (χ3v) is 3.87. The number of nitrogens with zero attached hydrogens (tertiary/aromatic N) is 3. The zero-order chi connectivity index (χ0) is 16.2. The minimum absolute atomic E-state index is 0.109. The standard InChI is InChI=1S/C14H11N5O3S/c20-12(18-11-7-15-3-4-16-11)10-6-17-14(22)19(13(10)21)8-9-2-1-5-23-9/h1-7H,8H2,(H,17,22)(H,16,18,20). The van der Waals surface area contributed by atoms with Crippen molar-refractivity contribution < 1.29 is 4.79 Å². The Morgan fingerprint density at radius 2 is 2.22 bits per heavy atom. The monoisotopic (exact) mass is 329 g/mol. The van der Waals surface area contributed by atoms with Crippen molar-refractivity contribution in [3.05, 3.63) is 73.6 Å². The van der Waals surface area contributed by atoms with Crippen LogP contribution < -0.4 is 16.6 Å². The number of hydrogen-bond acceptors (Lipinski definition) is 6. The van der Waals surface area contributed by atoms with Crippen LogP contribution in [0.1, 0.15) is 15.2 Å². The molecule has 0 bridgehead atoms. The Labute approximate surface area is 133 Å². The Balaban J connectivity index is 1.93. The van der Waals surface area contributed by atoms with Crippen molar-refractivity contribution >= 4 is 23.1 Å². The van der Waals surface area contributed by atoms with E-state index in [2.05, 4.69) is 20.3 Å². The van der Waals surface area contributed by atoms with E-state index in [0.29, 0.717) is 0 Å². The fourth-order valence-electron chi connectivity index (χ4n) is 1.92. The third-order valence-electron chi connectivity index (χ3n) is 3.00. The van der Waals surface area contributed by atoms with E-state index in [1.54, 1.807) is 0 Å². The van der Waals surface area contributed by atoms with Crippen LogP contribution in [-0.4, -0.2) is 25.4 Å². The number of hydrogen-bond donors (Lipinski definition) is 2. The van der Waals surface area contributed by atoms with Gasteiger partial charge in [0.1, 0.15) is 5.56 Å². The summed E-state index contributed by atoms with van der Waals surface area (Å²) in [5, 5.41) is 4.31. The van der Waals surface area contributed by atoms with E-state index >= 15 is 0 Å². The first-order valence-corrected chi connectivity index (χ1v) is 7.45. The number of carbonyl (C=O) groups is 1. The first-order valence-electron chi connectivity index (χ1n) is 6.57. The van der Waals surface area contributed by atoms with Crippen molar-refractivity contribution in [2.75, 3.05) is 5.32 Å². The van der Waals surface area contributed by atoms with Gasteiger partial charge in [0.25, 0.3) is 11.5 Å². The fraction of sp³-hybridized carbons (Fsp3) is 0.0714. The van der Waals surface area contributed by atoms with Crippen molar-refractivity contribution in [1.82, 2.24) is 19.5 Å². The van der Waals surface area contributed by atoms with Crippen LogP contribution in [0.5, 0.6) is 0 Å². The molecule has 0 aliphatic heterocycles. The molecule has 1 amide bonds. The average Bonchev–Trinajstić information content (AvgIpc) is 3.05. The second kappa shape index (κ2) is 6.36. The molecule has 0 fully saturated rings. The summed E-state index contributed by atoms with van der Waals surface area (Å²) in [6.07, 6.45) is 5.33. The number of nitrogens with one attached hydrogen (secondary N) is 2. The van der Waals surface area contributed by atoms with E-state index in [4.69, 9.17) is 0 Å². The van der Waals surface area contributed by atoms with Gasteiger partial charge in [-0.15, -0.1) is 11.3 Å². The highest BCUT2D eigenvalue weighted by molar-refractivity contribution is 7.09. The van der Waals surface area contributed by atoms with Gasteiger partial charge in [-0.1, -0.05) is 6.07 Å². The molecular formula is C14H11N5O3S. The quantitative estimate of drug-likeness (QED) is 0.732. The van der Waals surface area contributed by atoms with Crippen molar-refractivity contribution in [1.29, 1.82) is 0 Å². The molecule has 0 aromatic carbocycles. The van der Waals surface area contributed by atoms with Crippen LogP contribution in [0.25, 0.3) is 0 Å². The predicted molar refractivity (Wildman–Crippen MR) is 84.7 cm³/mol. The van der Waals surface area contributed by atoms with Crippen LogP contribution in [0.15, 0.2) is 51.9 Å². The van der Waals surface area contributed by atoms with Crippen molar-refractivity contribution in [2.45, 2.75) is 6.54 Å². The highest BCUT2D eigenvalue weighted by atomic mass is 32.1. The zero-order valence-corrected chi connectivity index (χ0v) is 12.5. The van der Waals surface area contributed by atoms with Gasteiger partial charge in [-0.05, 0) is 11.4 Å². The molecule has 23 heavy (non-hydrogen) atoms. The molecular weight excluding hydrogens is 318 g/mol. The van der Waals surface area contributed by atoms with Gasteiger partial charge >= 0.3 is 5.69 Å². The molecule has 9 heteroatoms. The number of aromatic amines is 1. The highest BCUT2D eigenvalue weighted by Crippen LogP contribution is 2.08. The van der Waals surface area contributed by atoms with Crippen LogP contribution in [0.3, 0.4) is 0 Å². The molecule has 0 aliphatic carbocycles. The Morgan fingerprint density at radius 1 is 1.35 bits per heavy atom. The Bertz CT molecular complexity index is 931. The number of anilines is 1. The lowest BCUT2D eigenvalue weighted by Crippen LogP contribution is -2.39. The molecule has 0 unspecified atom stereocenters. The predicted octanol–water partition coefficient (Wildman–Crippen LogP) is 0.689. The number of carbonyl (C=O) groups excluding carboxylic acids is 1. The smallest absolute Gasteiger partial charge is 0.313 e. The summed E-state index contributed by atoms with van der Waals surface area (Å²) in [7, 11) is 0. The van der Waals surface area contributed by atoms with Gasteiger partial charge in [0, 0.05) is 23.5 Å². The molecule has 116 valence electrons. The minimum Gasteiger partial charge on any atom is -0.313 e. The van der Waals surface area contributed by atoms with Gasteiger partial charge in [0.2, 0.25) is 0 Å². The lowest BCUT2D eigenvalue weighted by molar-refractivity contribution is 0.102. The van der Waals surface area contributed by atoms with E-state index < -0.39 is 17.2 Å². The van der Waals surface area contributed by atoms with Crippen LogP contribution in [0, 0.1) is 0 Å². The van der Waals surface area contributed by atoms with Crippen molar-refractivity contribution in [3.63, 3.8) is 0 Å². The average molecular weight is 329 g/mol. The van der Waals surface area contributed by atoms with Gasteiger partial charge < -0.3 is 10.3 Å². The van der Waals surface area contributed by atoms with E-state index in [1.165, 1.54) is 29.9 Å². The topological polar surface area (TPSA) is 110 Å². The fourth-order valence-corrected chi connectivity index (χ4v) is 2.62. The molecule has 3 rings (SSSR count). The normalized spacial score (nSPS) is 10.4. The molecule has 3 aromatic rings. The van der Waals surface area contributed by atoms with E-state index in [9.17, 15) is 14.4 Å². The number of aromatic nitrogens is 4. The summed E-state index contributed by atoms with van der Waals surface area (Å²) < 4.78 is 0.984. The van der Waals surface area contributed by atoms with E-state index in [-0.39, 0.29) is 17.9 Å². The minimum atomic E-state index is -0.663. The molecule has 0 aliphatic rings. The number of H-pyrrole nitrogens is 1. The molecule has 0 radical (unpaired) electrons. The molecule has 2 N–H and O–H groups in total. The van der Waals surface area contributed by atoms with Crippen LogP contribution in [-0.2, 0) is 6.54 Å². The zero-order valence-electron chi connectivity index (χ0n) is 11.7. The van der Waals surface area contributed by atoms with Crippen LogP contribution >= 0.6 is 11.3 Å². The first kappa shape index (κ1) is 14.9. The SMILES string of the molecule is O=C(Nc1cnccn1)c1c[nH]c(=O)n(Cc2cccs2)c1=O. The summed E-state index contributed by atoms with van der Waals surface area (Å²) in [5.74, 6) is -0.445. The summed E-state index contributed by atoms with van der Waals surface area (Å²) in [6.45, 7) is 0.109. The molecule has 3 aromatic heterocycles. The summed E-state index contributed by atoms with van der Waals surface area (Å²) >= 11 is 1.42. The Hall–Kier alpha value is -3.07. The number of rotatable bonds is 4. The Kier molecular flexibility index (Phi) is 4.11. The lowest BCUT2D eigenvalue weighted by Gasteiger charge is -2.06. The third kappa shape index (κ3) is 3.24. The van der Waals surface area contributed by atoms with E-state index in [0.717, 1.165) is 15.6 Å². The van der Waals surface area contributed by atoms with Crippen molar-refractivity contribution in [3.8, 4) is 0 Å².